The fourth-order valence-electron chi connectivity index (χ4n) is 1.88. The SMILES string of the molecule is CCOC(=O)c1coc(NCCCCCCC(C)C)n1. The van der Waals surface area contributed by atoms with Crippen LogP contribution < -0.4 is 5.32 Å². The summed E-state index contributed by atoms with van der Waals surface area (Å²) >= 11 is 0. The minimum absolute atomic E-state index is 0.214. The third kappa shape index (κ3) is 6.59. The normalized spacial score (nSPS) is 10.8. The maximum Gasteiger partial charge on any atom is 0.360 e. The summed E-state index contributed by atoms with van der Waals surface area (Å²) in [7, 11) is 0. The minimum Gasteiger partial charge on any atom is -0.461 e. The molecule has 0 radical (unpaired) electrons. The molecule has 0 atom stereocenters. The Morgan fingerprint density at radius 2 is 2.10 bits per heavy atom. The van der Waals surface area contributed by atoms with Gasteiger partial charge in [0.25, 0.3) is 6.01 Å². The van der Waals surface area contributed by atoms with Crippen LogP contribution in [0.2, 0.25) is 0 Å². The molecule has 0 spiro atoms. The van der Waals surface area contributed by atoms with E-state index in [0.29, 0.717) is 12.6 Å². The first-order valence-electron chi connectivity index (χ1n) is 7.50. The van der Waals surface area contributed by atoms with Crippen molar-refractivity contribution in [2.75, 3.05) is 18.5 Å². The summed E-state index contributed by atoms with van der Waals surface area (Å²) in [6, 6.07) is 0.384. The zero-order valence-corrected chi connectivity index (χ0v) is 12.8. The Bertz CT molecular complexity index is 388. The molecule has 20 heavy (non-hydrogen) atoms. The van der Waals surface area contributed by atoms with Gasteiger partial charge in [0.2, 0.25) is 0 Å². The largest absolute Gasteiger partial charge is 0.461 e. The molecule has 0 unspecified atom stereocenters. The highest BCUT2D eigenvalue weighted by molar-refractivity contribution is 5.87. The Morgan fingerprint density at radius 1 is 1.35 bits per heavy atom. The van der Waals surface area contributed by atoms with Gasteiger partial charge in [-0.15, -0.1) is 0 Å². The summed E-state index contributed by atoms with van der Waals surface area (Å²) in [4.78, 5) is 15.4. The van der Waals surface area contributed by atoms with Crippen molar-refractivity contribution in [3.8, 4) is 0 Å². The lowest BCUT2D eigenvalue weighted by Gasteiger charge is -2.04. The van der Waals surface area contributed by atoms with Crippen molar-refractivity contribution in [3.05, 3.63) is 12.0 Å². The van der Waals surface area contributed by atoms with Crippen molar-refractivity contribution in [2.24, 2.45) is 5.92 Å². The second kappa shape index (κ2) is 9.39. The van der Waals surface area contributed by atoms with Gasteiger partial charge in [-0.3, -0.25) is 0 Å². The van der Waals surface area contributed by atoms with E-state index >= 15 is 0 Å². The van der Waals surface area contributed by atoms with Crippen molar-refractivity contribution in [2.45, 2.75) is 52.9 Å². The Kier molecular flexibility index (Phi) is 7.77. The second-order valence-electron chi connectivity index (χ2n) is 5.28. The monoisotopic (exact) mass is 282 g/mol. The van der Waals surface area contributed by atoms with Crippen LogP contribution in [0, 0.1) is 5.92 Å². The van der Waals surface area contributed by atoms with Gasteiger partial charge in [0.05, 0.1) is 6.61 Å². The Balaban J connectivity index is 2.12. The maximum absolute atomic E-state index is 11.4. The first-order valence-corrected chi connectivity index (χ1v) is 7.50. The molecule has 0 aromatic carbocycles. The molecule has 114 valence electrons. The van der Waals surface area contributed by atoms with Gasteiger partial charge in [0.15, 0.2) is 5.69 Å². The van der Waals surface area contributed by atoms with Gasteiger partial charge in [0, 0.05) is 6.54 Å². The van der Waals surface area contributed by atoms with E-state index in [1.807, 2.05) is 0 Å². The molecule has 0 aliphatic heterocycles. The second-order valence-corrected chi connectivity index (χ2v) is 5.28. The average molecular weight is 282 g/mol. The number of hydrogen-bond acceptors (Lipinski definition) is 5. The average Bonchev–Trinajstić information content (AvgIpc) is 2.86. The quantitative estimate of drug-likeness (QED) is 0.521. The highest BCUT2D eigenvalue weighted by Crippen LogP contribution is 2.11. The lowest BCUT2D eigenvalue weighted by Crippen LogP contribution is -2.06. The van der Waals surface area contributed by atoms with Crippen LogP contribution >= 0.6 is 0 Å². The topological polar surface area (TPSA) is 64.4 Å². The molecule has 1 aromatic heterocycles. The number of nitrogens with one attached hydrogen (secondary N) is 1. The molecule has 0 aliphatic rings. The van der Waals surface area contributed by atoms with Crippen LogP contribution in [-0.4, -0.2) is 24.1 Å². The van der Waals surface area contributed by atoms with Gasteiger partial charge in [-0.2, -0.15) is 4.98 Å². The summed E-state index contributed by atoms with van der Waals surface area (Å²) < 4.78 is 10.0. The summed E-state index contributed by atoms with van der Waals surface area (Å²) in [5, 5.41) is 3.08. The van der Waals surface area contributed by atoms with Gasteiger partial charge in [-0.1, -0.05) is 39.5 Å². The predicted octanol–water partition coefficient (Wildman–Crippen LogP) is 3.87. The fraction of sp³-hybridized carbons (Fsp3) is 0.733. The van der Waals surface area contributed by atoms with E-state index in [2.05, 4.69) is 24.1 Å². The van der Waals surface area contributed by atoms with E-state index in [1.54, 1.807) is 6.92 Å². The van der Waals surface area contributed by atoms with E-state index in [4.69, 9.17) is 9.15 Å². The minimum atomic E-state index is -0.446. The number of oxazole rings is 1. The number of rotatable bonds is 10. The predicted molar refractivity (Wildman–Crippen MR) is 78.9 cm³/mol. The standard InChI is InChI=1S/C15H26N2O3/c1-4-19-14(18)13-11-20-15(17-13)16-10-8-6-5-7-9-12(2)3/h11-12H,4-10H2,1-3H3,(H,16,17). The number of hydrogen-bond donors (Lipinski definition) is 1. The smallest absolute Gasteiger partial charge is 0.360 e. The van der Waals surface area contributed by atoms with E-state index < -0.39 is 5.97 Å². The zero-order chi connectivity index (χ0) is 14.8. The zero-order valence-electron chi connectivity index (χ0n) is 12.8. The van der Waals surface area contributed by atoms with Gasteiger partial charge < -0.3 is 14.5 Å². The van der Waals surface area contributed by atoms with Crippen molar-refractivity contribution in [1.82, 2.24) is 4.98 Å². The van der Waals surface area contributed by atoms with Crippen LogP contribution in [0.15, 0.2) is 10.7 Å². The highest BCUT2D eigenvalue weighted by atomic mass is 16.5. The van der Waals surface area contributed by atoms with Gasteiger partial charge >= 0.3 is 5.97 Å². The molecule has 0 saturated heterocycles. The van der Waals surface area contributed by atoms with Crippen molar-refractivity contribution in [1.29, 1.82) is 0 Å². The number of aromatic nitrogens is 1. The molecule has 1 N–H and O–H groups in total. The number of esters is 1. The van der Waals surface area contributed by atoms with Gasteiger partial charge in [-0.25, -0.2) is 4.79 Å². The van der Waals surface area contributed by atoms with Crippen LogP contribution in [0.5, 0.6) is 0 Å². The number of carbonyl (C=O) groups is 1. The number of unbranched alkanes of at least 4 members (excludes halogenated alkanes) is 3. The molecule has 0 fully saturated rings. The van der Waals surface area contributed by atoms with Gasteiger partial charge in [0.1, 0.15) is 6.26 Å². The third-order valence-corrected chi connectivity index (χ3v) is 2.97. The van der Waals surface area contributed by atoms with Crippen molar-refractivity contribution in [3.63, 3.8) is 0 Å². The summed E-state index contributed by atoms with van der Waals surface area (Å²) in [6.07, 6.45) is 7.46. The Labute approximate surface area is 121 Å². The molecule has 0 amide bonds. The molecule has 1 heterocycles. The molecular weight excluding hydrogens is 256 g/mol. The van der Waals surface area contributed by atoms with E-state index in [0.717, 1.165) is 18.9 Å². The van der Waals surface area contributed by atoms with E-state index in [-0.39, 0.29) is 5.69 Å². The molecule has 5 nitrogen and oxygen atoms in total. The number of ether oxygens (including phenoxy) is 1. The molecule has 5 heteroatoms. The summed E-state index contributed by atoms with van der Waals surface area (Å²) in [6.45, 7) is 7.42. The van der Waals surface area contributed by atoms with E-state index in [9.17, 15) is 4.79 Å². The van der Waals surface area contributed by atoms with E-state index in [1.165, 1.54) is 31.9 Å². The Hall–Kier alpha value is -1.52. The number of carbonyl (C=O) groups excluding carboxylic acids is 1. The molecular formula is C15H26N2O3. The van der Waals surface area contributed by atoms with Crippen molar-refractivity contribution < 1.29 is 13.9 Å². The molecule has 0 aliphatic carbocycles. The molecule has 0 bridgehead atoms. The highest BCUT2D eigenvalue weighted by Gasteiger charge is 2.12. The third-order valence-electron chi connectivity index (χ3n) is 2.97. The fourth-order valence-corrected chi connectivity index (χ4v) is 1.88. The number of nitrogens with zero attached hydrogens (tertiary/aromatic N) is 1. The first kappa shape index (κ1) is 16.5. The maximum atomic E-state index is 11.4. The van der Waals surface area contributed by atoms with Crippen LogP contribution in [0.3, 0.4) is 0 Å². The molecule has 0 saturated carbocycles. The molecule has 1 aromatic rings. The van der Waals surface area contributed by atoms with Crippen LogP contribution in [0.4, 0.5) is 6.01 Å². The van der Waals surface area contributed by atoms with Crippen LogP contribution in [0.1, 0.15) is 63.4 Å². The first-order chi connectivity index (χ1) is 9.63. The molecule has 1 rings (SSSR count). The Morgan fingerprint density at radius 3 is 2.80 bits per heavy atom. The number of anilines is 1. The summed E-state index contributed by atoms with van der Waals surface area (Å²) in [5.41, 5.74) is 0.214. The van der Waals surface area contributed by atoms with Crippen LogP contribution in [0.25, 0.3) is 0 Å². The van der Waals surface area contributed by atoms with Gasteiger partial charge in [-0.05, 0) is 19.3 Å². The summed E-state index contributed by atoms with van der Waals surface area (Å²) in [5.74, 6) is 0.347. The lowest BCUT2D eigenvalue weighted by atomic mass is 10.0. The van der Waals surface area contributed by atoms with Crippen molar-refractivity contribution >= 4 is 12.0 Å². The lowest BCUT2D eigenvalue weighted by molar-refractivity contribution is 0.0519. The van der Waals surface area contributed by atoms with Crippen LogP contribution in [-0.2, 0) is 4.74 Å².